The van der Waals surface area contributed by atoms with Gasteiger partial charge in [-0.25, -0.2) is 0 Å². The first kappa shape index (κ1) is 7.42. The summed E-state index contributed by atoms with van der Waals surface area (Å²) in [6, 6.07) is 7.97. The molecule has 0 aromatic heterocycles. The van der Waals surface area contributed by atoms with Crippen molar-refractivity contribution in [1.29, 1.82) is 0 Å². The van der Waals surface area contributed by atoms with Crippen LogP contribution in [-0.4, -0.2) is 23.2 Å². The largest absolute Gasteiger partial charge is 0.528 e. The molecule has 0 amide bonds. The second kappa shape index (κ2) is 2.51. The highest BCUT2D eigenvalue weighted by Crippen LogP contribution is 1.89. The van der Waals surface area contributed by atoms with E-state index in [0.717, 1.165) is 0 Å². The lowest BCUT2D eigenvalue weighted by Crippen LogP contribution is -2.48. The third kappa shape index (κ3) is 1.65. The maximum absolute atomic E-state index is 8.74. The van der Waals surface area contributed by atoms with Gasteiger partial charge in [-0.1, -0.05) is 30.3 Å². The minimum absolute atomic E-state index is 0.204. The van der Waals surface area contributed by atoms with Crippen molar-refractivity contribution in [3.8, 4) is 0 Å². The molecule has 0 unspecified atom stereocenters. The van der Waals surface area contributed by atoms with Crippen LogP contribution < -0.4 is 5.19 Å². The van der Waals surface area contributed by atoms with Crippen molar-refractivity contribution >= 4 is 14.0 Å². The van der Waals surface area contributed by atoms with Crippen LogP contribution in [0, 0.1) is 0 Å². The summed E-state index contributed by atoms with van der Waals surface area (Å²) in [6.45, 7) is 0. The van der Waals surface area contributed by atoms with Gasteiger partial charge in [0.25, 0.3) is 0 Å². The van der Waals surface area contributed by atoms with Gasteiger partial charge in [0.05, 0.1) is 0 Å². The van der Waals surface area contributed by atoms with Gasteiger partial charge < -0.3 is 14.4 Å². The van der Waals surface area contributed by atoms with Crippen LogP contribution in [0.3, 0.4) is 0 Å². The smallest absolute Gasteiger partial charge is 0.386 e. The Morgan fingerprint density at radius 3 is 1.70 bits per heavy atom. The Morgan fingerprint density at radius 1 is 0.900 bits per heavy atom. The third-order valence-corrected chi connectivity index (χ3v) is 2.27. The first-order valence-electron chi connectivity index (χ1n) is 2.83. The number of rotatable bonds is 1. The van der Waals surface area contributed by atoms with Gasteiger partial charge in [0.1, 0.15) is 0 Å². The summed E-state index contributed by atoms with van der Waals surface area (Å²) in [7, 11) is -4.03. The standard InChI is InChI=1S/C6H8O3Si/c7-10(8,9)6-4-2-1-3-5-6/h1-5,7-9H. The molecule has 1 rings (SSSR count). The minimum atomic E-state index is -4.03. The molecule has 3 nitrogen and oxygen atoms in total. The van der Waals surface area contributed by atoms with Crippen molar-refractivity contribution in [3.05, 3.63) is 30.3 Å². The molecule has 0 fully saturated rings. The molecule has 1 aromatic carbocycles. The van der Waals surface area contributed by atoms with E-state index in [0.29, 0.717) is 0 Å². The molecule has 0 aliphatic heterocycles. The van der Waals surface area contributed by atoms with E-state index in [9.17, 15) is 0 Å². The van der Waals surface area contributed by atoms with E-state index in [4.69, 9.17) is 14.4 Å². The molecule has 54 valence electrons. The molecule has 4 heteroatoms. The van der Waals surface area contributed by atoms with Crippen LogP contribution >= 0.6 is 0 Å². The Hall–Kier alpha value is -0.683. The Bertz CT molecular complexity index is 204. The molecule has 0 aliphatic rings. The number of hydrogen-bond donors (Lipinski definition) is 3. The average molecular weight is 156 g/mol. The molecule has 0 spiro atoms. The quantitative estimate of drug-likeness (QED) is 0.448. The molecule has 0 bridgehead atoms. The summed E-state index contributed by atoms with van der Waals surface area (Å²) in [6.07, 6.45) is 0. The first-order chi connectivity index (χ1) is 4.61. The lowest BCUT2D eigenvalue weighted by atomic mass is 10.4. The van der Waals surface area contributed by atoms with Crippen LogP contribution in [0.5, 0.6) is 0 Å². The summed E-state index contributed by atoms with van der Waals surface area (Å²) in [4.78, 5) is 26.2. The Balaban J connectivity index is 2.97. The van der Waals surface area contributed by atoms with Gasteiger partial charge in [0, 0.05) is 5.19 Å². The van der Waals surface area contributed by atoms with Crippen molar-refractivity contribution in [2.75, 3.05) is 0 Å². The van der Waals surface area contributed by atoms with Crippen LogP contribution in [0.1, 0.15) is 0 Å². The molecule has 3 N–H and O–H groups in total. The van der Waals surface area contributed by atoms with Crippen LogP contribution in [0.15, 0.2) is 30.3 Å². The van der Waals surface area contributed by atoms with Crippen LogP contribution in [0.4, 0.5) is 0 Å². The molecule has 0 aliphatic carbocycles. The summed E-state index contributed by atoms with van der Waals surface area (Å²) >= 11 is 0. The summed E-state index contributed by atoms with van der Waals surface area (Å²) < 4.78 is 0. The predicted molar refractivity (Wildman–Crippen MR) is 38.5 cm³/mol. The van der Waals surface area contributed by atoms with E-state index in [1.165, 1.54) is 12.1 Å². The molecule has 1 aromatic rings. The fourth-order valence-electron chi connectivity index (χ4n) is 0.662. The van der Waals surface area contributed by atoms with E-state index in [-0.39, 0.29) is 5.19 Å². The van der Waals surface area contributed by atoms with Gasteiger partial charge in [-0.2, -0.15) is 0 Å². The second-order valence-corrected chi connectivity index (χ2v) is 3.85. The summed E-state index contributed by atoms with van der Waals surface area (Å²) in [5.41, 5.74) is 0. The highest BCUT2D eigenvalue weighted by Gasteiger charge is 2.29. The lowest BCUT2D eigenvalue weighted by molar-refractivity contribution is 0.250. The molecular formula is C6H8O3Si. The van der Waals surface area contributed by atoms with Crippen LogP contribution in [0.25, 0.3) is 0 Å². The van der Waals surface area contributed by atoms with E-state index < -0.39 is 8.80 Å². The third-order valence-electron chi connectivity index (χ3n) is 1.16. The fraction of sp³-hybridized carbons (Fsp3) is 0. The van der Waals surface area contributed by atoms with Crippen molar-refractivity contribution in [2.24, 2.45) is 0 Å². The normalized spacial score (nSPS) is 11.5. The van der Waals surface area contributed by atoms with E-state index in [1.54, 1.807) is 18.2 Å². The van der Waals surface area contributed by atoms with Crippen LogP contribution in [0.2, 0.25) is 0 Å². The SMILES string of the molecule is O[Si](O)(O)c1ccccc1. The van der Waals surface area contributed by atoms with E-state index in [1.807, 2.05) is 0 Å². The lowest BCUT2D eigenvalue weighted by Gasteiger charge is -2.07. The van der Waals surface area contributed by atoms with Gasteiger partial charge in [-0.3, -0.25) is 0 Å². The van der Waals surface area contributed by atoms with E-state index in [2.05, 4.69) is 0 Å². The van der Waals surface area contributed by atoms with Crippen molar-refractivity contribution in [2.45, 2.75) is 0 Å². The highest BCUT2D eigenvalue weighted by molar-refractivity contribution is 6.71. The van der Waals surface area contributed by atoms with Crippen LogP contribution in [-0.2, 0) is 0 Å². The molecular weight excluding hydrogens is 148 g/mol. The van der Waals surface area contributed by atoms with E-state index >= 15 is 0 Å². The summed E-state index contributed by atoms with van der Waals surface area (Å²) in [5, 5.41) is 0.204. The predicted octanol–water partition coefficient (Wildman–Crippen LogP) is -1.19. The van der Waals surface area contributed by atoms with Crippen molar-refractivity contribution < 1.29 is 14.4 Å². The van der Waals surface area contributed by atoms with Crippen molar-refractivity contribution in [3.63, 3.8) is 0 Å². The zero-order valence-electron chi connectivity index (χ0n) is 5.23. The maximum Gasteiger partial charge on any atom is 0.528 e. The second-order valence-electron chi connectivity index (χ2n) is 2.00. The first-order valence-corrected chi connectivity index (χ1v) is 4.67. The molecule has 0 radical (unpaired) electrons. The molecule has 0 atom stereocenters. The van der Waals surface area contributed by atoms with Crippen molar-refractivity contribution in [1.82, 2.24) is 0 Å². The Labute approximate surface area is 59.6 Å². The fourth-order valence-corrected chi connectivity index (χ4v) is 1.30. The van der Waals surface area contributed by atoms with Gasteiger partial charge >= 0.3 is 8.80 Å². The van der Waals surface area contributed by atoms with Gasteiger partial charge in [-0.15, -0.1) is 0 Å². The molecule has 0 saturated carbocycles. The zero-order chi connectivity index (χ0) is 7.61. The number of benzene rings is 1. The monoisotopic (exact) mass is 156 g/mol. The molecule has 0 saturated heterocycles. The average Bonchev–Trinajstić information content (AvgIpc) is 1.88. The maximum atomic E-state index is 8.74. The zero-order valence-corrected chi connectivity index (χ0v) is 6.23. The Kier molecular flexibility index (Phi) is 1.86. The topological polar surface area (TPSA) is 60.7 Å². The molecule has 0 heterocycles. The van der Waals surface area contributed by atoms with Gasteiger partial charge in [0.15, 0.2) is 0 Å². The van der Waals surface area contributed by atoms with Gasteiger partial charge in [0.2, 0.25) is 0 Å². The number of hydrogen-bond acceptors (Lipinski definition) is 3. The highest BCUT2D eigenvalue weighted by atomic mass is 28.4. The minimum Gasteiger partial charge on any atom is -0.386 e. The van der Waals surface area contributed by atoms with Gasteiger partial charge in [-0.05, 0) is 0 Å². The Morgan fingerprint density at radius 2 is 1.40 bits per heavy atom. The summed E-state index contributed by atoms with van der Waals surface area (Å²) in [5.74, 6) is 0. The molecule has 10 heavy (non-hydrogen) atoms.